The number of amides is 1. The van der Waals surface area contributed by atoms with Gasteiger partial charge in [0.2, 0.25) is 0 Å². The number of hydrogen-bond acceptors (Lipinski definition) is 3. The van der Waals surface area contributed by atoms with Gasteiger partial charge in [0.15, 0.2) is 0 Å². The Morgan fingerprint density at radius 3 is 2.43 bits per heavy atom. The summed E-state index contributed by atoms with van der Waals surface area (Å²) in [5, 5.41) is 13.9. The molecule has 2 rings (SSSR count). The summed E-state index contributed by atoms with van der Waals surface area (Å²) in [6.07, 6.45) is 1.70. The molecule has 2 N–H and O–H groups in total. The van der Waals surface area contributed by atoms with Crippen LogP contribution in [0.5, 0.6) is 5.75 Å². The van der Waals surface area contributed by atoms with E-state index in [4.69, 9.17) is 0 Å². The fourth-order valence-electron chi connectivity index (χ4n) is 1.98. The number of nitrogens with one attached hydrogen (secondary N) is 1. The van der Waals surface area contributed by atoms with Gasteiger partial charge in [0, 0.05) is 0 Å². The molecule has 21 heavy (non-hydrogen) atoms. The standard InChI is InChI=1S/C17H18N2O2/c1-2-8-15(13-9-4-3-5-10-13)18-19-17(21)14-11-6-7-12-16(14)20/h3-7,9-12,20H,2,8H2,1H3,(H,19,21)/b18-15+. The molecule has 0 aliphatic carbocycles. The maximum absolute atomic E-state index is 12.0. The third-order valence-electron chi connectivity index (χ3n) is 3.03. The van der Waals surface area contributed by atoms with E-state index in [0.717, 1.165) is 24.1 Å². The van der Waals surface area contributed by atoms with Crippen molar-refractivity contribution in [1.29, 1.82) is 0 Å². The Hall–Kier alpha value is -2.62. The van der Waals surface area contributed by atoms with Crippen molar-refractivity contribution in [2.75, 3.05) is 0 Å². The van der Waals surface area contributed by atoms with Crippen LogP contribution in [0.2, 0.25) is 0 Å². The van der Waals surface area contributed by atoms with Crippen LogP contribution in [0.3, 0.4) is 0 Å². The van der Waals surface area contributed by atoms with E-state index < -0.39 is 5.91 Å². The summed E-state index contributed by atoms with van der Waals surface area (Å²) >= 11 is 0. The lowest BCUT2D eigenvalue weighted by Crippen LogP contribution is -2.20. The molecule has 0 bridgehead atoms. The van der Waals surface area contributed by atoms with Gasteiger partial charge in [-0.05, 0) is 24.1 Å². The fourth-order valence-corrected chi connectivity index (χ4v) is 1.98. The van der Waals surface area contributed by atoms with Gasteiger partial charge in [-0.15, -0.1) is 0 Å². The minimum atomic E-state index is -0.419. The number of carbonyl (C=O) groups excluding carboxylic acids is 1. The topological polar surface area (TPSA) is 61.7 Å². The Kier molecular flexibility index (Phi) is 5.10. The first-order valence-corrected chi connectivity index (χ1v) is 6.92. The molecule has 0 radical (unpaired) electrons. The van der Waals surface area contributed by atoms with Gasteiger partial charge in [-0.2, -0.15) is 5.10 Å². The number of para-hydroxylation sites is 1. The molecule has 1 amide bonds. The highest BCUT2D eigenvalue weighted by atomic mass is 16.3. The van der Waals surface area contributed by atoms with Gasteiger partial charge < -0.3 is 5.11 Å². The molecule has 0 saturated heterocycles. The van der Waals surface area contributed by atoms with Crippen molar-refractivity contribution < 1.29 is 9.90 Å². The lowest BCUT2D eigenvalue weighted by Gasteiger charge is -2.07. The monoisotopic (exact) mass is 282 g/mol. The number of phenolic OH excluding ortho intramolecular Hbond substituents is 1. The maximum Gasteiger partial charge on any atom is 0.275 e. The molecule has 0 fully saturated rings. The quantitative estimate of drug-likeness (QED) is 0.652. The van der Waals surface area contributed by atoms with Crippen molar-refractivity contribution in [2.45, 2.75) is 19.8 Å². The van der Waals surface area contributed by atoms with Crippen molar-refractivity contribution >= 4 is 11.6 Å². The Bertz CT molecular complexity index is 636. The smallest absolute Gasteiger partial charge is 0.275 e. The Balaban J connectivity index is 2.17. The lowest BCUT2D eigenvalue weighted by atomic mass is 10.1. The summed E-state index contributed by atoms with van der Waals surface area (Å²) in [5.41, 5.74) is 4.53. The van der Waals surface area contributed by atoms with Crippen LogP contribution in [-0.4, -0.2) is 16.7 Å². The average Bonchev–Trinajstić information content (AvgIpc) is 2.52. The summed E-state index contributed by atoms with van der Waals surface area (Å²) < 4.78 is 0. The molecule has 0 spiro atoms. The summed E-state index contributed by atoms with van der Waals surface area (Å²) in [6.45, 7) is 2.06. The van der Waals surface area contributed by atoms with E-state index in [0.29, 0.717) is 0 Å². The molecule has 2 aromatic carbocycles. The third kappa shape index (κ3) is 3.92. The number of phenols is 1. The number of hydrazone groups is 1. The zero-order valence-corrected chi connectivity index (χ0v) is 11.9. The van der Waals surface area contributed by atoms with Gasteiger partial charge in [-0.1, -0.05) is 55.8 Å². The van der Waals surface area contributed by atoms with E-state index in [9.17, 15) is 9.90 Å². The van der Waals surface area contributed by atoms with E-state index in [1.165, 1.54) is 6.07 Å². The molecule has 4 nitrogen and oxygen atoms in total. The molecule has 0 heterocycles. The van der Waals surface area contributed by atoms with Crippen molar-refractivity contribution in [1.82, 2.24) is 5.43 Å². The second-order valence-electron chi connectivity index (χ2n) is 4.63. The van der Waals surface area contributed by atoms with Gasteiger partial charge in [0.25, 0.3) is 5.91 Å². The molecule has 4 heteroatoms. The van der Waals surface area contributed by atoms with Gasteiger partial charge in [-0.3, -0.25) is 4.79 Å². The molecule has 0 aliphatic rings. The largest absolute Gasteiger partial charge is 0.507 e. The molecule has 0 aromatic heterocycles. The van der Waals surface area contributed by atoms with Crippen LogP contribution < -0.4 is 5.43 Å². The summed E-state index contributed by atoms with van der Waals surface area (Å²) in [4.78, 5) is 12.0. The predicted molar refractivity (Wildman–Crippen MR) is 83.5 cm³/mol. The second-order valence-corrected chi connectivity index (χ2v) is 4.63. The molecule has 0 saturated carbocycles. The first-order valence-electron chi connectivity index (χ1n) is 6.92. The van der Waals surface area contributed by atoms with Gasteiger partial charge in [0.1, 0.15) is 5.75 Å². The molecule has 2 aromatic rings. The van der Waals surface area contributed by atoms with Crippen LogP contribution in [0.4, 0.5) is 0 Å². The molecule has 0 atom stereocenters. The van der Waals surface area contributed by atoms with Crippen LogP contribution in [0.25, 0.3) is 0 Å². The number of aromatic hydroxyl groups is 1. The predicted octanol–water partition coefficient (Wildman–Crippen LogP) is 3.33. The SMILES string of the molecule is CCC/C(=N\NC(=O)c1ccccc1O)c1ccccc1. The Morgan fingerprint density at radius 1 is 1.10 bits per heavy atom. The molecule has 0 unspecified atom stereocenters. The van der Waals surface area contributed by atoms with Crippen molar-refractivity contribution in [3.05, 3.63) is 65.7 Å². The van der Waals surface area contributed by atoms with Crippen molar-refractivity contribution in [2.24, 2.45) is 5.10 Å². The van der Waals surface area contributed by atoms with Crippen LogP contribution >= 0.6 is 0 Å². The molecule has 0 aliphatic heterocycles. The minimum absolute atomic E-state index is 0.0537. The zero-order valence-electron chi connectivity index (χ0n) is 11.9. The Morgan fingerprint density at radius 2 is 1.76 bits per heavy atom. The van der Waals surface area contributed by atoms with Crippen LogP contribution in [0, 0.1) is 0 Å². The molecular formula is C17H18N2O2. The van der Waals surface area contributed by atoms with Gasteiger partial charge >= 0.3 is 0 Å². The fraction of sp³-hybridized carbons (Fsp3) is 0.176. The highest BCUT2D eigenvalue weighted by molar-refractivity contribution is 6.02. The number of hydrogen-bond donors (Lipinski definition) is 2. The average molecular weight is 282 g/mol. The van der Waals surface area contributed by atoms with E-state index in [-0.39, 0.29) is 11.3 Å². The van der Waals surface area contributed by atoms with E-state index in [1.54, 1.807) is 18.2 Å². The zero-order chi connectivity index (χ0) is 15.1. The van der Waals surface area contributed by atoms with Crippen LogP contribution in [0.15, 0.2) is 59.7 Å². The van der Waals surface area contributed by atoms with E-state index in [2.05, 4.69) is 17.5 Å². The van der Waals surface area contributed by atoms with Crippen molar-refractivity contribution in [3.8, 4) is 5.75 Å². The number of nitrogens with zero attached hydrogens (tertiary/aromatic N) is 1. The number of benzene rings is 2. The summed E-state index contributed by atoms with van der Waals surface area (Å²) in [7, 11) is 0. The van der Waals surface area contributed by atoms with Crippen LogP contribution in [0.1, 0.15) is 35.7 Å². The van der Waals surface area contributed by atoms with Crippen LogP contribution in [-0.2, 0) is 0 Å². The minimum Gasteiger partial charge on any atom is -0.507 e. The lowest BCUT2D eigenvalue weighted by molar-refractivity contribution is 0.0952. The highest BCUT2D eigenvalue weighted by Gasteiger charge is 2.10. The first-order chi connectivity index (χ1) is 10.2. The second kappa shape index (κ2) is 7.24. The third-order valence-corrected chi connectivity index (χ3v) is 3.03. The van der Waals surface area contributed by atoms with Gasteiger partial charge in [0.05, 0.1) is 11.3 Å². The number of carbonyl (C=O) groups is 1. The first kappa shape index (κ1) is 14.8. The normalized spacial score (nSPS) is 11.2. The van der Waals surface area contributed by atoms with Gasteiger partial charge in [-0.25, -0.2) is 5.43 Å². The highest BCUT2D eigenvalue weighted by Crippen LogP contribution is 2.15. The molecular weight excluding hydrogens is 264 g/mol. The van der Waals surface area contributed by atoms with E-state index >= 15 is 0 Å². The van der Waals surface area contributed by atoms with Crippen molar-refractivity contribution in [3.63, 3.8) is 0 Å². The van der Waals surface area contributed by atoms with E-state index in [1.807, 2.05) is 30.3 Å². The maximum atomic E-state index is 12.0. The number of rotatable bonds is 5. The summed E-state index contributed by atoms with van der Waals surface area (Å²) in [6, 6.07) is 16.1. The summed E-state index contributed by atoms with van der Waals surface area (Å²) in [5.74, 6) is -0.473. The Labute approximate surface area is 124 Å². The molecule has 108 valence electrons.